The van der Waals surface area contributed by atoms with Gasteiger partial charge in [-0.25, -0.2) is 0 Å². The molecule has 3 atom stereocenters. The molecule has 3 nitrogen and oxygen atoms in total. The predicted octanol–water partition coefficient (Wildman–Crippen LogP) is 3.63. The molecule has 24 heavy (non-hydrogen) atoms. The first-order valence-electron chi connectivity index (χ1n) is 8.52. The molecule has 1 aliphatic heterocycles. The lowest BCUT2D eigenvalue weighted by atomic mass is 9.95. The number of nitrogens with one attached hydrogen (secondary N) is 2. The van der Waals surface area contributed by atoms with E-state index in [1.807, 2.05) is 48.5 Å². The molecule has 0 bridgehead atoms. The van der Waals surface area contributed by atoms with Crippen LogP contribution >= 0.6 is 11.8 Å². The van der Waals surface area contributed by atoms with Crippen LogP contribution in [0.25, 0.3) is 0 Å². The molecule has 3 rings (SSSR count). The van der Waals surface area contributed by atoms with Gasteiger partial charge < -0.3 is 10.6 Å². The second-order valence-electron chi connectivity index (χ2n) is 6.31. The number of carbonyl (C=O) groups is 1. The van der Waals surface area contributed by atoms with Gasteiger partial charge in [0.25, 0.3) is 0 Å². The van der Waals surface area contributed by atoms with Gasteiger partial charge in [-0.15, -0.1) is 11.8 Å². The van der Waals surface area contributed by atoms with Crippen molar-refractivity contribution in [1.82, 2.24) is 10.6 Å². The van der Waals surface area contributed by atoms with Gasteiger partial charge in [-0.3, -0.25) is 4.79 Å². The third-order valence-corrected chi connectivity index (χ3v) is 5.72. The van der Waals surface area contributed by atoms with Gasteiger partial charge in [0.1, 0.15) is 5.25 Å². The Morgan fingerprint density at radius 1 is 1.12 bits per heavy atom. The van der Waals surface area contributed by atoms with E-state index < -0.39 is 0 Å². The molecule has 0 spiro atoms. The van der Waals surface area contributed by atoms with E-state index in [9.17, 15) is 4.79 Å². The average Bonchev–Trinajstić information content (AvgIpc) is 2.63. The van der Waals surface area contributed by atoms with Crippen molar-refractivity contribution in [2.45, 2.75) is 29.5 Å². The van der Waals surface area contributed by atoms with E-state index >= 15 is 0 Å². The Labute approximate surface area is 148 Å². The fraction of sp³-hybridized carbons (Fsp3) is 0.350. The Morgan fingerprint density at radius 3 is 2.46 bits per heavy atom. The maximum Gasteiger partial charge on any atom is 0.238 e. The second kappa shape index (κ2) is 8.36. The van der Waals surface area contributed by atoms with E-state index in [1.54, 1.807) is 11.8 Å². The number of hydrogen-bond acceptors (Lipinski definition) is 3. The fourth-order valence-corrected chi connectivity index (χ4v) is 4.08. The minimum atomic E-state index is -0.226. The molecular weight excluding hydrogens is 316 g/mol. The summed E-state index contributed by atoms with van der Waals surface area (Å²) in [5, 5.41) is 6.44. The Hall–Kier alpha value is -1.78. The Balaban J connectivity index is 1.77. The predicted molar refractivity (Wildman–Crippen MR) is 100 cm³/mol. The molecule has 2 aromatic rings. The third-order valence-electron chi connectivity index (χ3n) is 4.45. The molecule has 1 amide bonds. The number of benzene rings is 2. The summed E-state index contributed by atoms with van der Waals surface area (Å²) in [7, 11) is 0. The first-order chi connectivity index (χ1) is 11.7. The summed E-state index contributed by atoms with van der Waals surface area (Å²) < 4.78 is 0. The van der Waals surface area contributed by atoms with Gasteiger partial charge in [0.15, 0.2) is 0 Å². The standard InChI is InChI=1S/C20H24N2OS/c1-15-14-21-13-12-18(15)22-20(23)19(16-8-4-2-5-9-16)24-17-10-6-3-7-11-17/h2-11,15,18-19,21H,12-14H2,1H3,(H,22,23). The van der Waals surface area contributed by atoms with Crippen LogP contribution in [0.5, 0.6) is 0 Å². The lowest BCUT2D eigenvalue weighted by molar-refractivity contribution is -0.121. The summed E-state index contributed by atoms with van der Waals surface area (Å²) in [6.07, 6.45) is 0.990. The first kappa shape index (κ1) is 17.1. The number of thioether (sulfide) groups is 1. The molecule has 0 aliphatic carbocycles. The van der Waals surface area contributed by atoms with Crippen LogP contribution in [0.2, 0.25) is 0 Å². The van der Waals surface area contributed by atoms with Gasteiger partial charge in [-0.05, 0) is 43.1 Å². The summed E-state index contributed by atoms with van der Waals surface area (Å²) in [5.41, 5.74) is 1.05. The molecule has 0 aromatic heterocycles. The molecule has 1 saturated heterocycles. The van der Waals surface area contributed by atoms with E-state index in [0.717, 1.165) is 30.0 Å². The van der Waals surface area contributed by atoms with E-state index in [0.29, 0.717) is 5.92 Å². The Kier molecular flexibility index (Phi) is 5.94. The summed E-state index contributed by atoms with van der Waals surface area (Å²) in [5.74, 6) is 0.564. The highest BCUT2D eigenvalue weighted by molar-refractivity contribution is 8.00. The summed E-state index contributed by atoms with van der Waals surface area (Å²) >= 11 is 1.61. The summed E-state index contributed by atoms with van der Waals surface area (Å²) in [4.78, 5) is 14.1. The minimum absolute atomic E-state index is 0.105. The van der Waals surface area contributed by atoms with Gasteiger partial charge >= 0.3 is 0 Å². The molecule has 4 heteroatoms. The number of amides is 1. The molecule has 2 aromatic carbocycles. The summed E-state index contributed by atoms with van der Waals surface area (Å²) in [6.45, 7) is 4.13. The number of hydrogen-bond donors (Lipinski definition) is 2. The van der Waals surface area contributed by atoms with Crippen LogP contribution in [-0.4, -0.2) is 25.0 Å². The normalized spacial score (nSPS) is 21.9. The maximum atomic E-state index is 13.0. The van der Waals surface area contributed by atoms with Crippen molar-refractivity contribution in [2.24, 2.45) is 5.92 Å². The highest BCUT2D eigenvalue weighted by Gasteiger charge is 2.28. The Bertz CT molecular complexity index is 647. The van der Waals surface area contributed by atoms with Crippen molar-refractivity contribution in [3.63, 3.8) is 0 Å². The molecule has 0 radical (unpaired) electrons. The lowest BCUT2D eigenvalue weighted by Gasteiger charge is -2.31. The summed E-state index contributed by atoms with van der Waals surface area (Å²) in [6, 6.07) is 20.4. The van der Waals surface area contributed by atoms with Gasteiger partial charge in [0.05, 0.1) is 0 Å². The first-order valence-corrected chi connectivity index (χ1v) is 9.40. The van der Waals surface area contributed by atoms with Crippen molar-refractivity contribution in [3.8, 4) is 0 Å². The molecule has 1 fully saturated rings. The average molecular weight is 340 g/mol. The van der Waals surface area contributed by atoms with Crippen LogP contribution < -0.4 is 10.6 Å². The van der Waals surface area contributed by atoms with E-state index in [-0.39, 0.29) is 17.2 Å². The van der Waals surface area contributed by atoms with Crippen molar-refractivity contribution >= 4 is 17.7 Å². The SMILES string of the molecule is CC1CNCCC1NC(=O)C(Sc1ccccc1)c1ccccc1. The van der Waals surface area contributed by atoms with E-state index in [4.69, 9.17) is 0 Å². The number of rotatable bonds is 5. The van der Waals surface area contributed by atoms with Gasteiger partial charge in [0, 0.05) is 10.9 Å². The molecule has 1 heterocycles. The zero-order valence-electron chi connectivity index (χ0n) is 13.9. The van der Waals surface area contributed by atoms with E-state index in [1.165, 1.54) is 0 Å². The van der Waals surface area contributed by atoms with Crippen molar-refractivity contribution in [1.29, 1.82) is 0 Å². The highest BCUT2D eigenvalue weighted by atomic mass is 32.2. The van der Waals surface area contributed by atoms with Crippen LogP contribution in [0.1, 0.15) is 24.2 Å². The molecule has 126 valence electrons. The van der Waals surface area contributed by atoms with Gasteiger partial charge in [-0.2, -0.15) is 0 Å². The fourth-order valence-electron chi connectivity index (χ4n) is 3.02. The molecule has 2 N–H and O–H groups in total. The number of carbonyl (C=O) groups excluding carboxylic acids is 1. The van der Waals surface area contributed by atoms with Gasteiger partial charge in [-0.1, -0.05) is 55.5 Å². The monoisotopic (exact) mass is 340 g/mol. The van der Waals surface area contributed by atoms with Crippen molar-refractivity contribution in [3.05, 3.63) is 66.2 Å². The smallest absolute Gasteiger partial charge is 0.238 e. The van der Waals surface area contributed by atoms with Crippen LogP contribution in [-0.2, 0) is 4.79 Å². The minimum Gasteiger partial charge on any atom is -0.352 e. The van der Waals surface area contributed by atoms with E-state index in [2.05, 4.69) is 29.7 Å². The molecule has 3 unspecified atom stereocenters. The topological polar surface area (TPSA) is 41.1 Å². The van der Waals surface area contributed by atoms with Crippen LogP contribution in [0.15, 0.2) is 65.6 Å². The highest BCUT2D eigenvalue weighted by Crippen LogP contribution is 2.35. The quantitative estimate of drug-likeness (QED) is 0.817. The number of piperidine rings is 1. The lowest BCUT2D eigenvalue weighted by Crippen LogP contribution is -2.49. The second-order valence-corrected chi connectivity index (χ2v) is 7.49. The zero-order chi connectivity index (χ0) is 16.8. The Morgan fingerprint density at radius 2 is 1.79 bits per heavy atom. The van der Waals surface area contributed by atoms with Crippen molar-refractivity contribution < 1.29 is 4.79 Å². The van der Waals surface area contributed by atoms with Crippen molar-refractivity contribution in [2.75, 3.05) is 13.1 Å². The van der Waals surface area contributed by atoms with Crippen LogP contribution in [0, 0.1) is 5.92 Å². The maximum absolute atomic E-state index is 13.0. The molecule has 1 aliphatic rings. The molecule has 0 saturated carbocycles. The zero-order valence-corrected chi connectivity index (χ0v) is 14.8. The molecular formula is C20H24N2OS. The van der Waals surface area contributed by atoms with Crippen LogP contribution in [0.4, 0.5) is 0 Å². The van der Waals surface area contributed by atoms with Gasteiger partial charge in [0.2, 0.25) is 5.91 Å². The van der Waals surface area contributed by atoms with Crippen LogP contribution in [0.3, 0.4) is 0 Å². The third kappa shape index (κ3) is 4.40. The largest absolute Gasteiger partial charge is 0.352 e.